The maximum Gasteiger partial charge on any atom is 0.119 e. The van der Waals surface area contributed by atoms with Crippen molar-refractivity contribution in [1.82, 2.24) is 0 Å². The Bertz CT molecular complexity index is 504. The summed E-state index contributed by atoms with van der Waals surface area (Å²) in [6.07, 6.45) is 13.8. The van der Waals surface area contributed by atoms with Crippen LogP contribution in [0.2, 0.25) is 0 Å². The van der Waals surface area contributed by atoms with Gasteiger partial charge in [-0.25, -0.2) is 0 Å². The van der Waals surface area contributed by atoms with E-state index in [2.05, 4.69) is 33.0 Å². The van der Waals surface area contributed by atoms with Gasteiger partial charge in [0.05, 0.1) is 6.04 Å². The lowest BCUT2D eigenvalue weighted by Crippen LogP contribution is -2.92. The molecule has 7 atom stereocenters. The number of fused-ring (bicyclic) bond motifs is 5. The zero-order valence-electron chi connectivity index (χ0n) is 17.2. The Balaban J connectivity index is 1.57. The fourth-order valence-electron chi connectivity index (χ4n) is 8.17. The standard InChI is InChI=1S/C23H41NO/c1-16(2)24-15-23(25)14-11-20-18-9-8-17-7-5-6-12-21(17,3)19(18)10-13-22(20,23)4/h16-20,24-25H,5-15H2,1-4H3/p+1/t17-,18-,19+,20+,21-,22-,23+/m0/s1. The first-order valence-corrected chi connectivity index (χ1v) is 11.4. The third-order valence-corrected chi connectivity index (χ3v) is 9.83. The fourth-order valence-corrected chi connectivity index (χ4v) is 8.17. The van der Waals surface area contributed by atoms with Gasteiger partial charge < -0.3 is 10.4 Å². The summed E-state index contributed by atoms with van der Waals surface area (Å²) in [6, 6.07) is 0.583. The summed E-state index contributed by atoms with van der Waals surface area (Å²) < 4.78 is 0. The molecule has 4 aliphatic carbocycles. The summed E-state index contributed by atoms with van der Waals surface area (Å²) in [5, 5.41) is 14.0. The summed E-state index contributed by atoms with van der Waals surface area (Å²) in [5.74, 6) is 3.62. The fraction of sp³-hybridized carbons (Fsp3) is 1.00. The van der Waals surface area contributed by atoms with E-state index >= 15 is 0 Å². The van der Waals surface area contributed by atoms with Crippen LogP contribution >= 0.6 is 0 Å². The molecule has 0 bridgehead atoms. The van der Waals surface area contributed by atoms with Crippen molar-refractivity contribution in [3.8, 4) is 0 Å². The molecule has 0 aromatic rings. The Morgan fingerprint density at radius 1 is 0.920 bits per heavy atom. The minimum absolute atomic E-state index is 0.164. The van der Waals surface area contributed by atoms with Gasteiger partial charge in [-0.15, -0.1) is 0 Å². The molecule has 0 heterocycles. The van der Waals surface area contributed by atoms with Gasteiger partial charge in [0.2, 0.25) is 0 Å². The van der Waals surface area contributed by atoms with Crippen molar-refractivity contribution in [2.45, 2.75) is 104 Å². The average Bonchev–Trinajstić information content (AvgIpc) is 2.84. The Morgan fingerprint density at radius 2 is 1.68 bits per heavy atom. The van der Waals surface area contributed by atoms with Crippen molar-refractivity contribution in [2.75, 3.05) is 6.54 Å². The van der Waals surface area contributed by atoms with Gasteiger partial charge in [-0.2, -0.15) is 0 Å². The molecule has 0 aromatic carbocycles. The van der Waals surface area contributed by atoms with E-state index in [-0.39, 0.29) is 5.41 Å². The van der Waals surface area contributed by atoms with Gasteiger partial charge in [0.15, 0.2) is 0 Å². The monoisotopic (exact) mass is 348 g/mol. The Kier molecular flexibility index (Phi) is 4.56. The second-order valence-electron chi connectivity index (χ2n) is 11.1. The second kappa shape index (κ2) is 6.23. The molecule has 4 rings (SSSR count). The van der Waals surface area contributed by atoms with Gasteiger partial charge in [0, 0.05) is 5.41 Å². The lowest BCUT2D eigenvalue weighted by atomic mass is 9.44. The van der Waals surface area contributed by atoms with Crippen LogP contribution in [0.15, 0.2) is 0 Å². The van der Waals surface area contributed by atoms with Gasteiger partial charge in [-0.1, -0.05) is 26.7 Å². The summed E-state index contributed by atoms with van der Waals surface area (Å²) in [4.78, 5) is 0. The number of hydrogen-bond acceptors (Lipinski definition) is 1. The van der Waals surface area contributed by atoms with Crippen LogP contribution in [-0.4, -0.2) is 23.3 Å². The zero-order chi connectivity index (χ0) is 17.9. The van der Waals surface area contributed by atoms with Crippen molar-refractivity contribution in [3.63, 3.8) is 0 Å². The molecular weight excluding hydrogens is 306 g/mol. The van der Waals surface area contributed by atoms with Gasteiger partial charge >= 0.3 is 0 Å². The van der Waals surface area contributed by atoms with E-state index in [1.165, 1.54) is 57.8 Å². The lowest BCUT2D eigenvalue weighted by Gasteiger charge is -2.61. The molecule has 0 unspecified atom stereocenters. The minimum atomic E-state index is -0.433. The number of rotatable bonds is 3. The third-order valence-electron chi connectivity index (χ3n) is 9.83. The van der Waals surface area contributed by atoms with E-state index in [1.54, 1.807) is 0 Å². The van der Waals surface area contributed by atoms with Crippen molar-refractivity contribution in [2.24, 2.45) is 34.5 Å². The van der Waals surface area contributed by atoms with Crippen molar-refractivity contribution >= 4 is 0 Å². The maximum absolute atomic E-state index is 11.7. The Hall–Kier alpha value is -0.0800. The molecule has 0 radical (unpaired) electrons. The van der Waals surface area contributed by atoms with Gasteiger partial charge in [-0.3, -0.25) is 0 Å². The molecule has 0 saturated heterocycles. The second-order valence-corrected chi connectivity index (χ2v) is 11.1. The summed E-state index contributed by atoms with van der Waals surface area (Å²) in [7, 11) is 0. The van der Waals surface area contributed by atoms with E-state index in [4.69, 9.17) is 0 Å². The molecule has 3 N–H and O–H groups in total. The smallest absolute Gasteiger partial charge is 0.119 e. The first-order chi connectivity index (χ1) is 11.8. The predicted octanol–water partition coefficient (Wildman–Crippen LogP) is 4.12. The minimum Gasteiger partial charge on any atom is -0.383 e. The van der Waals surface area contributed by atoms with Crippen LogP contribution in [0.5, 0.6) is 0 Å². The number of aliphatic hydroxyl groups is 1. The van der Waals surface area contributed by atoms with Crippen molar-refractivity contribution < 1.29 is 10.4 Å². The van der Waals surface area contributed by atoms with Crippen molar-refractivity contribution in [3.05, 3.63) is 0 Å². The highest BCUT2D eigenvalue weighted by Crippen LogP contribution is 2.68. The van der Waals surface area contributed by atoms with Crippen LogP contribution in [0.1, 0.15) is 91.9 Å². The Morgan fingerprint density at radius 3 is 2.44 bits per heavy atom. The average molecular weight is 349 g/mol. The van der Waals surface area contributed by atoms with Crippen molar-refractivity contribution in [1.29, 1.82) is 0 Å². The van der Waals surface area contributed by atoms with E-state index in [0.717, 1.165) is 36.6 Å². The predicted molar refractivity (Wildman–Crippen MR) is 103 cm³/mol. The number of quaternary nitrogens is 1. The molecule has 4 fully saturated rings. The van der Waals surface area contributed by atoms with Gasteiger partial charge in [0.25, 0.3) is 0 Å². The summed E-state index contributed by atoms with van der Waals surface area (Å²) >= 11 is 0. The van der Waals surface area contributed by atoms with Crippen LogP contribution in [0.3, 0.4) is 0 Å². The zero-order valence-corrected chi connectivity index (χ0v) is 17.2. The molecule has 25 heavy (non-hydrogen) atoms. The SMILES string of the molecule is CC(C)[NH2+]C[C@]1(O)CC[C@@H]2[C@H]3CC[C@@H]4CCCC[C@]4(C)[C@@H]3CC[C@@]21C. The van der Waals surface area contributed by atoms with Crippen LogP contribution in [0.4, 0.5) is 0 Å². The molecule has 0 aromatic heterocycles. The highest BCUT2D eigenvalue weighted by Gasteiger charge is 2.64. The normalized spacial score (nSPS) is 52.6. The third kappa shape index (κ3) is 2.64. The first-order valence-electron chi connectivity index (χ1n) is 11.4. The number of hydrogen-bond donors (Lipinski definition) is 2. The van der Waals surface area contributed by atoms with Crippen LogP contribution in [0, 0.1) is 34.5 Å². The van der Waals surface area contributed by atoms with E-state index in [0.29, 0.717) is 11.5 Å². The molecule has 2 nitrogen and oxygen atoms in total. The largest absolute Gasteiger partial charge is 0.383 e. The molecule has 4 saturated carbocycles. The lowest BCUT2D eigenvalue weighted by molar-refractivity contribution is -0.696. The van der Waals surface area contributed by atoms with Gasteiger partial charge in [0.1, 0.15) is 12.1 Å². The molecule has 2 heteroatoms. The van der Waals surface area contributed by atoms with Crippen LogP contribution in [0.25, 0.3) is 0 Å². The summed E-state index contributed by atoms with van der Waals surface area (Å²) in [6.45, 7) is 10.5. The van der Waals surface area contributed by atoms with Crippen LogP contribution < -0.4 is 5.32 Å². The van der Waals surface area contributed by atoms with E-state index < -0.39 is 5.60 Å². The van der Waals surface area contributed by atoms with E-state index in [1.807, 2.05) is 0 Å². The Labute approximate surface area is 155 Å². The quantitative estimate of drug-likeness (QED) is 0.791. The molecule has 4 aliphatic rings. The van der Waals surface area contributed by atoms with E-state index in [9.17, 15) is 5.11 Å². The molecule has 0 spiro atoms. The molecule has 0 amide bonds. The molecular formula is C23H42NO+. The highest BCUT2D eigenvalue weighted by atomic mass is 16.3. The summed E-state index contributed by atoms with van der Waals surface area (Å²) in [5.41, 5.74) is 0.349. The first kappa shape index (κ1) is 18.3. The molecule has 0 aliphatic heterocycles. The van der Waals surface area contributed by atoms with Gasteiger partial charge in [-0.05, 0) is 94.3 Å². The van der Waals surface area contributed by atoms with Crippen LogP contribution in [-0.2, 0) is 0 Å². The highest BCUT2D eigenvalue weighted by molar-refractivity contribution is 5.13. The number of nitrogens with two attached hydrogens (primary N) is 1. The topological polar surface area (TPSA) is 36.8 Å². The maximum atomic E-state index is 11.7. The molecule has 144 valence electrons.